The van der Waals surface area contributed by atoms with Crippen molar-refractivity contribution < 1.29 is 13.2 Å². The molecule has 0 saturated carbocycles. The first-order valence-corrected chi connectivity index (χ1v) is 6.40. The minimum atomic E-state index is -4.53. The predicted molar refractivity (Wildman–Crippen MR) is 71.3 cm³/mol. The van der Waals surface area contributed by atoms with Crippen molar-refractivity contribution in [2.24, 2.45) is 0 Å². The van der Waals surface area contributed by atoms with Gasteiger partial charge in [0.1, 0.15) is 0 Å². The molecule has 3 rings (SSSR count). The molecule has 0 radical (unpaired) electrons. The van der Waals surface area contributed by atoms with E-state index < -0.39 is 17.3 Å². The van der Waals surface area contributed by atoms with Gasteiger partial charge in [0, 0.05) is 17.1 Å². The van der Waals surface area contributed by atoms with E-state index in [-0.39, 0.29) is 5.39 Å². The van der Waals surface area contributed by atoms with Gasteiger partial charge in [0.25, 0.3) is 5.56 Å². The number of halogens is 3. The molecule has 0 fully saturated rings. The normalized spacial score (nSPS) is 15.7. The van der Waals surface area contributed by atoms with Crippen LogP contribution in [0.1, 0.15) is 24.8 Å². The number of fused-ring (bicyclic) bond motifs is 1. The Labute approximate surface area is 113 Å². The third-order valence-electron chi connectivity index (χ3n) is 3.53. The van der Waals surface area contributed by atoms with Gasteiger partial charge in [-0.2, -0.15) is 13.2 Å². The lowest BCUT2D eigenvalue weighted by Crippen LogP contribution is -2.22. The minimum Gasteiger partial charge on any atom is -0.281 e. The zero-order valence-corrected chi connectivity index (χ0v) is 10.6. The fourth-order valence-corrected chi connectivity index (χ4v) is 2.67. The Hall–Kier alpha value is -2.04. The second-order valence-electron chi connectivity index (χ2n) is 4.83. The molecule has 0 bridgehead atoms. The molecule has 0 unspecified atom stereocenters. The van der Waals surface area contributed by atoms with E-state index in [1.807, 2.05) is 6.08 Å². The molecule has 1 heterocycles. The van der Waals surface area contributed by atoms with Crippen LogP contribution >= 0.6 is 0 Å². The highest BCUT2D eigenvalue weighted by Crippen LogP contribution is 2.35. The summed E-state index contributed by atoms with van der Waals surface area (Å²) in [5.74, 6) is 0. The highest BCUT2D eigenvalue weighted by Gasteiger charge is 2.34. The molecule has 1 aliphatic rings. The van der Waals surface area contributed by atoms with Gasteiger partial charge in [-0.25, -0.2) is 0 Å². The molecule has 5 heteroatoms. The number of nitrogens with zero attached hydrogens (tertiary/aromatic N) is 1. The van der Waals surface area contributed by atoms with Crippen molar-refractivity contribution in [3.8, 4) is 0 Å². The van der Waals surface area contributed by atoms with Crippen LogP contribution in [-0.4, -0.2) is 4.57 Å². The number of allylic oxidation sites excluding steroid dienone is 2. The fraction of sp³-hybridized carbons (Fsp3) is 0.267. The third-order valence-corrected chi connectivity index (χ3v) is 3.53. The summed E-state index contributed by atoms with van der Waals surface area (Å²) in [6.45, 7) is 0. The molecule has 0 aliphatic heterocycles. The zero-order chi connectivity index (χ0) is 14.3. The second kappa shape index (κ2) is 4.51. The molecule has 0 atom stereocenters. The van der Waals surface area contributed by atoms with Crippen molar-refractivity contribution >= 4 is 16.6 Å². The molecule has 1 aliphatic carbocycles. The van der Waals surface area contributed by atoms with Crippen molar-refractivity contribution in [3.05, 3.63) is 52.3 Å². The quantitative estimate of drug-likeness (QED) is 0.772. The average Bonchev–Trinajstić information content (AvgIpc) is 2.90. The van der Waals surface area contributed by atoms with E-state index >= 15 is 0 Å². The Morgan fingerprint density at radius 2 is 1.90 bits per heavy atom. The first-order valence-electron chi connectivity index (χ1n) is 6.40. The number of benzene rings is 1. The largest absolute Gasteiger partial charge is 0.417 e. The molecule has 0 spiro atoms. The van der Waals surface area contributed by atoms with Crippen molar-refractivity contribution in [3.63, 3.8) is 0 Å². The predicted octanol–water partition coefficient (Wildman–Crippen LogP) is 4.05. The van der Waals surface area contributed by atoms with Gasteiger partial charge >= 0.3 is 6.18 Å². The van der Waals surface area contributed by atoms with Crippen molar-refractivity contribution in [1.29, 1.82) is 0 Å². The maximum absolute atomic E-state index is 13.0. The molecule has 0 saturated heterocycles. The molecule has 0 amide bonds. The summed E-state index contributed by atoms with van der Waals surface area (Å²) in [7, 11) is 0. The standard InChI is InChI=1S/C15H12F3NO/c16-15(17,18)12-9-14(20)19(10-5-1-2-6-10)13-8-4-3-7-11(12)13/h3-5,7-9H,1-2,6H2. The van der Waals surface area contributed by atoms with E-state index in [0.717, 1.165) is 25.0 Å². The van der Waals surface area contributed by atoms with Crippen LogP contribution in [-0.2, 0) is 6.18 Å². The van der Waals surface area contributed by atoms with Crippen LogP contribution in [0, 0.1) is 0 Å². The molecule has 0 N–H and O–H groups in total. The van der Waals surface area contributed by atoms with Gasteiger partial charge < -0.3 is 0 Å². The molecule has 2 nitrogen and oxygen atoms in total. The molecule has 1 aromatic heterocycles. The summed E-state index contributed by atoms with van der Waals surface area (Å²) in [4.78, 5) is 12.1. The molecule has 104 valence electrons. The van der Waals surface area contributed by atoms with E-state index in [9.17, 15) is 18.0 Å². The van der Waals surface area contributed by atoms with E-state index in [1.165, 1.54) is 10.6 Å². The lowest BCUT2D eigenvalue weighted by Gasteiger charge is -2.15. The highest BCUT2D eigenvalue weighted by molar-refractivity contribution is 5.85. The Kier molecular flexibility index (Phi) is 2.92. The van der Waals surface area contributed by atoms with E-state index in [4.69, 9.17) is 0 Å². The van der Waals surface area contributed by atoms with Crippen molar-refractivity contribution in [1.82, 2.24) is 4.57 Å². The van der Waals surface area contributed by atoms with E-state index in [1.54, 1.807) is 18.2 Å². The number of hydrogen-bond acceptors (Lipinski definition) is 1. The van der Waals surface area contributed by atoms with Crippen LogP contribution in [0.25, 0.3) is 16.6 Å². The molecular formula is C15H12F3NO. The maximum atomic E-state index is 13.0. The second-order valence-corrected chi connectivity index (χ2v) is 4.83. The van der Waals surface area contributed by atoms with Gasteiger partial charge in [-0.1, -0.05) is 24.3 Å². The fourth-order valence-electron chi connectivity index (χ4n) is 2.67. The zero-order valence-electron chi connectivity index (χ0n) is 10.6. The van der Waals surface area contributed by atoms with Crippen molar-refractivity contribution in [2.45, 2.75) is 25.4 Å². The summed E-state index contributed by atoms with van der Waals surface area (Å²) < 4.78 is 40.5. The molecule has 1 aromatic carbocycles. The Bertz CT molecular complexity index is 756. The monoisotopic (exact) mass is 279 g/mol. The van der Waals surface area contributed by atoms with Gasteiger partial charge in [-0.3, -0.25) is 9.36 Å². The van der Waals surface area contributed by atoms with Crippen LogP contribution in [0.3, 0.4) is 0 Å². The lowest BCUT2D eigenvalue weighted by molar-refractivity contribution is -0.136. The summed E-state index contributed by atoms with van der Waals surface area (Å²) >= 11 is 0. The van der Waals surface area contributed by atoms with Gasteiger partial charge in [-0.15, -0.1) is 0 Å². The Morgan fingerprint density at radius 3 is 2.55 bits per heavy atom. The number of para-hydroxylation sites is 1. The summed E-state index contributed by atoms with van der Waals surface area (Å²) in [5, 5.41) is 0.0624. The SMILES string of the molecule is O=c1cc(C(F)(F)F)c2ccccc2n1C1=CCCC1. The lowest BCUT2D eigenvalue weighted by atomic mass is 10.1. The van der Waals surface area contributed by atoms with Crippen LogP contribution in [0.2, 0.25) is 0 Å². The number of pyridine rings is 1. The van der Waals surface area contributed by atoms with Gasteiger partial charge in [-0.05, 0) is 25.3 Å². The third kappa shape index (κ3) is 2.03. The highest BCUT2D eigenvalue weighted by atomic mass is 19.4. The van der Waals surface area contributed by atoms with Crippen LogP contribution in [0.15, 0.2) is 41.2 Å². The van der Waals surface area contributed by atoms with E-state index in [0.29, 0.717) is 11.6 Å². The Balaban J connectivity index is 2.39. The average molecular weight is 279 g/mol. The van der Waals surface area contributed by atoms with Crippen LogP contribution in [0.5, 0.6) is 0 Å². The van der Waals surface area contributed by atoms with Gasteiger partial charge in [0.2, 0.25) is 0 Å². The first kappa shape index (κ1) is 13.0. The number of alkyl halides is 3. The van der Waals surface area contributed by atoms with Gasteiger partial charge in [0.15, 0.2) is 0 Å². The smallest absolute Gasteiger partial charge is 0.281 e. The van der Waals surface area contributed by atoms with Gasteiger partial charge in [0.05, 0.1) is 11.1 Å². The van der Waals surface area contributed by atoms with Crippen LogP contribution < -0.4 is 5.56 Å². The van der Waals surface area contributed by atoms with Crippen LogP contribution in [0.4, 0.5) is 13.2 Å². The number of aromatic nitrogens is 1. The molecule has 20 heavy (non-hydrogen) atoms. The molecule has 2 aromatic rings. The Morgan fingerprint density at radius 1 is 1.15 bits per heavy atom. The van der Waals surface area contributed by atoms with Crippen molar-refractivity contribution in [2.75, 3.05) is 0 Å². The minimum absolute atomic E-state index is 0.0624. The summed E-state index contributed by atoms with van der Waals surface area (Å²) in [6.07, 6.45) is -0.105. The summed E-state index contributed by atoms with van der Waals surface area (Å²) in [6, 6.07) is 6.86. The first-order chi connectivity index (χ1) is 9.48. The summed E-state index contributed by atoms with van der Waals surface area (Å²) in [5.41, 5.74) is -0.377. The topological polar surface area (TPSA) is 22.0 Å². The molecular weight excluding hydrogens is 267 g/mol. The number of rotatable bonds is 1. The number of hydrogen-bond donors (Lipinski definition) is 0. The maximum Gasteiger partial charge on any atom is 0.417 e. The van der Waals surface area contributed by atoms with E-state index in [2.05, 4.69) is 0 Å².